The molecule has 0 amide bonds. The maximum Gasteiger partial charge on any atom is 0.137 e. The number of aryl methyl sites for hydroxylation is 1. The number of nitrogens with one attached hydrogen (secondary N) is 2. The van der Waals surface area contributed by atoms with Crippen molar-refractivity contribution < 1.29 is 4.39 Å². The Morgan fingerprint density at radius 3 is 2.85 bits per heavy atom. The van der Waals surface area contributed by atoms with Crippen LogP contribution in [0.25, 0.3) is 10.9 Å². The van der Waals surface area contributed by atoms with Gasteiger partial charge in [-0.1, -0.05) is 0 Å². The van der Waals surface area contributed by atoms with Crippen LogP contribution >= 0.6 is 15.9 Å². The Hall–Kier alpha value is -2.08. The number of halogens is 2. The molecular weight excluding hydrogens is 323 g/mol. The van der Waals surface area contributed by atoms with Crippen molar-refractivity contribution in [1.29, 1.82) is 0 Å². The second kappa shape index (κ2) is 4.79. The van der Waals surface area contributed by atoms with Gasteiger partial charge in [-0.25, -0.2) is 4.39 Å². The van der Waals surface area contributed by atoms with Crippen LogP contribution in [0.2, 0.25) is 0 Å². The lowest BCUT2D eigenvalue weighted by atomic mass is 10.1. The molecule has 4 N–H and O–H groups in total. The van der Waals surface area contributed by atoms with E-state index in [9.17, 15) is 4.39 Å². The summed E-state index contributed by atoms with van der Waals surface area (Å²) in [5.74, 6) is -0.287. The van der Waals surface area contributed by atoms with Crippen LogP contribution in [0, 0.1) is 12.7 Å². The summed E-state index contributed by atoms with van der Waals surface area (Å²) in [5.41, 5.74) is 9.87. The molecule has 0 atom stereocenters. The van der Waals surface area contributed by atoms with E-state index in [-0.39, 0.29) is 5.82 Å². The van der Waals surface area contributed by atoms with Crippen LogP contribution in [-0.4, -0.2) is 10.2 Å². The number of nitrogens with zero attached hydrogens (tertiary/aromatic N) is 1. The van der Waals surface area contributed by atoms with E-state index in [0.29, 0.717) is 10.2 Å². The highest BCUT2D eigenvalue weighted by molar-refractivity contribution is 9.10. The predicted molar refractivity (Wildman–Crippen MR) is 82.6 cm³/mol. The maximum atomic E-state index is 13.4. The number of benzene rings is 2. The second-order valence-electron chi connectivity index (χ2n) is 4.60. The molecule has 0 aliphatic rings. The highest BCUT2D eigenvalue weighted by Crippen LogP contribution is 2.31. The monoisotopic (exact) mass is 334 g/mol. The summed E-state index contributed by atoms with van der Waals surface area (Å²) in [7, 11) is 0. The van der Waals surface area contributed by atoms with Gasteiger partial charge >= 0.3 is 0 Å². The summed E-state index contributed by atoms with van der Waals surface area (Å²) in [6.45, 7) is 1.84. The molecule has 0 spiro atoms. The Morgan fingerprint density at radius 1 is 1.25 bits per heavy atom. The zero-order chi connectivity index (χ0) is 14.3. The van der Waals surface area contributed by atoms with Crippen LogP contribution in [-0.2, 0) is 0 Å². The minimum absolute atomic E-state index is 0.287. The van der Waals surface area contributed by atoms with E-state index in [0.717, 1.165) is 27.8 Å². The molecule has 0 aliphatic carbocycles. The summed E-state index contributed by atoms with van der Waals surface area (Å²) in [6, 6.07) is 6.89. The van der Waals surface area contributed by atoms with Gasteiger partial charge in [0, 0.05) is 11.1 Å². The van der Waals surface area contributed by atoms with Crippen molar-refractivity contribution in [3.63, 3.8) is 0 Å². The first-order valence-corrected chi connectivity index (χ1v) is 6.79. The molecule has 0 aliphatic heterocycles. The Labute approximate surface area is 123 Å². The minimum Gasteiger partial charge on any atom is -0.397 e. The molecule has 3 rings (SSSR count). The van der Waals surface area contributed by atoms with Gasteiger partial charge in [0.15, 0.2) is 0 Å². The van der Waals surface area contributed by atoms with Crippen molar-refractivity contribution >= 4 is 43.9 Å². The number of hydrogen-bond acceptors (Lipinski definition) is 3. The third-order valence-corrected chi connectivity index (χ3v) is 3.75. The third kappa shape index (κ3) is 2.22. The van der Waals surface area contributed by atoms with E-state index in [1.54, 1.807) is 12.3 Å². The van der Waals surface area contributed by atoms with Crippen LogP contribution in [0.5, 0.6) is 0 Å². The lowest BCUT2D eigenvalue weighted by molar-refractivity contribution is 0.620. The normalized spacial score (nSPS) is 10.9. The number of nitrogen functional groups attached to an aromatic ring is 1. The first-order chi connectivity index (χ1) is 9.54. The van der Waals surface area contributed by atoms with Gasteiger partial charge < -0.3 is 11.1 Å². The van der Waals surface area contributed by atoms with Crippen molar-refractivity contribution in [2.45, 2.75) is 6.92 Å². The fourth-order valence-electron chi connectivity index (χ4n) is 2.04. The molecule has 102 valence electrons. The molecule has 3 aromatic rings. The van der Waals surface area contributed by atoms with Gasteiger partial charge in [-0.2, -0.15) is 5.10 Å². The molecule has 20 heavy (non-hydrogen) atoms. The van der Waals surface area contributed by atoms with Crippen LogP contribution in [0.15, 0.2) is 34.9 Å². The van der Waals surface area contributed by atoms with Crippen molar-refractivity contribution in [3.05, 3.63) is 46.3 Å². The van der Waals surface area contributed by atoms with Crippen molar-refractivity contribution in [3.8, 4) is 0 Å². The number of nitrogens with two attached hydrogens (primary N) is 1. The van der Waals surface area contributed by atoms with Crippen molar-refractivity contribution in [2.24, 2.45) is 0 Å². The predicted octanol–water partition coefficient (Wildman–Crippen LogP) is 4.10. The van der Waals surface area contributed by atoms with Crippen molar-refractivity contribution in [2.75, 3.05) is 11.1 Å². The highest BCUT2D eigenvalue weighted by atomic mass is 79.9. The van der Waals surface area contributed by atoms with Gasteiger partial charge in [0.2, 0.25) is 0 Å². The first-order valence-electron chi connectivity index (χ1n) is 6.00. The number of hydrogen-bond donors (Lipinski definition) is 3. The lowest BCUT2D eigenvalue weighted by Gasteiger charge is -2.13. The average Bonchev–Trinajstić information content (AvgIpc) is 2.83. The van der Waals surface area contributed by atoms with Gasteiger partial charge in [0.05, 0.1) is 27.6 Å². The summed E-state index contributed by atoms with van der Waals surface area (Å²) in [4.78, 5) is 0. The standard InChI is InChI=1S/C14H12BrFN4/c1-7-2-10(16)9(15)4-12(7)19-14-5-13-8(3-11(14)17)6-18-20-13/h2-6,19H,17H2,1H3,(H,18,20). The van der Waals surface area contributed by atoms with Gasteiger partial charge in [-0.15, -0.1) is 0 Å². The molecule has 0 saturated heterocycles. The number of rotatable bonds is 2. The first kappa shape index (κ1) is 12.9. The molecule has 2 aromatic carbocycles. The molecule has 0 saturated carbocycles. The van der Waals surface area contributed by atoms with Crippen LogP contribution in [0.3, 0.4) is 0 Å². The molecule has 6 heteroatoms. The fraction of sp³-hybridized carbons (Fsp3) is 0.0714. The number of aromatic nitrogens is 2. The fourth-order valence-corrected chi connectivity index (χ4v) is 2.39. The highest BCUT2D eigenvalue weighted by Gasteiger charge is 2.08. The van der Waals surface area contributed by atoms with Gasteiger partial charge in [-0.05, 0) is 52.7 Å². The second-order valence-corrected chi connectivity index (χ2v) is 5.46. The average molecular weight is 335 g/mol. The van der Waals surface area contributed by atoms with E-state index in [2.05, 4.69) is 31.4 Å². The van der Waals surface area contributed by atoms with E-state index in [1.165, 1.54) is 6.07 Å². The van der Waals surface area contributed by atoms with Crippen LogP contribution in [0.1, 0.15) is 5.56 Å². The van der Waals surface area contributed by atoms with Crippen LogP contribution in [0.4, 0.5) is 21.5 Å². The smallest absolute Gasteiger partial charge is 0.137 e. The third-order valence-electron chi connectivity index (χ3n) is 3.15. The topological polar surface area (TPSA) is 66.7 Å². The molecular formula is C14H12BrFN4. The molecule has 0 radical (unpaired) electrons. The molecule has 1 heterocycles. The summed E-state index contributed by atoms with van der Waals surface area (Å²) in [6.07, 6.45) is 1.72. The van der Waals surface area contributed by atoms with Gasteiger partial charge in [0.1, 0.15) is 5.82 Å². The minimum atomic E-state index is -0.287. The Balaban J connectivity index is 2.04. The summed E-state index contributed by atoms with van der Waals surface area (Å²) < 4.78 is 13.8. The van der Waals surface area contributed by atoms with Crippen LogP contribution < -0.4 is 11.1 Å². The zero-order valence-corrected chi connectivity index (χ0v) is 12.3. The molecule has 0 unspecified atom stereocenters. The zero-order valence-electron chi connectivity index (χ0n) is 10.7. The Kier molecular flexibility index (Phi) is 3.10. The molecule has 1 aromatic heterocycles. The SMILES string of the molecule is Cc1cc(F)c(Br)cc1Nc1cc2[nH]ncc2cc1N. The molecule has 0 bridgehead atoms. The van der Waals surface area contributed by atoms with Gasteiger partial charge in [-0.3, -0.25) is 5.10 Å². The van der Waals surface area contributed by atoms with E-state index in [4.69, 9.17) is 5.73 Å². The summed E-state index contributed by atoms with van der Waals surface area (Å²) in [5, 5.41) is 11.0. The van der Waals surface area contributed by atoms with E-state index in [1.807, 2.05) is 19.1 Å². The molecule has 0 fully saturated rings. The van der Waals surface area contributed by atoms with E-state index < -0.39 is 0 Å². The lowest BCUT2D eigenvalue weighted by Crippen LogP contribution is -1.98. The molecule has 4 nitrogen and oxygen atoms in total. The largest absolute Gasteiger partial charge is 0.397 e. The van der Waals surface area contributed by atoms with Crippen molar-refractivity contribution in [1.82, 2.24) is 10.2 Å². The number of fused-ring (bicyclic) bond motifs is 1. The summed E-state index contributed by atoms with van der Waals surface area (Å²) >= 11 is 3.18. The Morgan fingerprint density at radius 2 is 2.05 bits per heavy atom. The van der Waals surface area contributed by atoms with Gasteiger partial charge in [0.25, 0.3) is 0 Å². The van der Waals surface area contributed by atoms with E-state index >= 15 is 0 Å². The maximum absolute atomic E-state index is 13.4. The quantitative estimate of drug-likeness (QED) is 0.618. The number of aromatic amines is 1. The number of H-pyrrole nitrogens is 1. The number of anilines is 3. The Bertz CT molecular complexity index is 797.